The van der Waals surface area contributed by atoms with Gasteiger partial charge in [-0.2, -0.15) is 0 Å². The van der Waals surface area contributed by atoms with Crippen LogP contribution in [0.15, 0.2) is 45.9 Å². The molecule has 0 unspecified atom stereocenters. The van der Waals surface area contributed by atoms with Gasteiger partial charge in [0.15, 0.2) is 0 Å². The number of carbonyl (C=O) groups excluding carboxylic acids is 2. The van der Waals surface area contributed by atoms with E-state index in [0.717, 1.165) is 27.0 Å². The summed E-state index contributed by atoms with van der Waals surface area (Å²) in [5.74, 6) is -0.258. The highest BCUT2D eigenvalue weighted by atomic mass is 79.9. The van der Waals surface area contributed by atoms with Gasteiger partial charge >= 0.3 is 0 Å². The van der Waals surface area contributed by atoms with E-state index in [-0.39, 0.29) is 11.8 Å². The maximum Gasteiger partial charge on any atom is 0.275 e. The Hall–Kier alpha value is -2.47. The number of aliphatic imine (C=N–C) groups is 1. The van der Waals surface area contributed by atoms with Gasteiger partial charge in [-0.25, -0.2) is 4.99 Å². The third-order valence-electron chi connectivity index (χ3n) is 3.97. The van der Waals surface area contributed by atoms with Crippen molar-refractivity contribution in [3.63, 3.8) is 0 Å². The molecule has 0 radical (unpaired) electrons. The number of fused-ring (bicyclic) bond motifs is 1. The van der Waals surface area contributed by atoms with Gasteiger partial charge in [0.2, 0.25) is 5.91 Å². The summed E-state index contributed by atoms with van der Waals surface area (Å²) in [4.78, 5) is 29.6. The summed E-state index contributed by atoms with van der Waals surface area (Å²) in [6.45, 7) is 3.48. The molecule has 3 rings (SSSR count). The van der Waals surface area contributed by atoms with Crippen LogP contribution in [0.1, 0.15) is 18.1 Å². The molecule has 1 aliphatic heterocycles. The van der Waals surface area contributed by atoms with E-state index in [2.05, 4.69) is 26.2 Å². The largest absolute Gasteiger partial charge is 0.320 e. The van der Waals surface area contributed by atoms with Crippen LogP contribution in [0.4, 0.5) is 17.1 Å². The van der Waals surface area contributed by atoms with Crippen molar-refractivity contribution in [2.45, 2.75) is 13.8 Å². The monoisotopic (exact) mass is 385 g/mol. The second-order valence-corrected chi connectivity index (χ2v) is 6.51. The summed E-state index contributed by atoms with van der Waals surface area (Å²) in [6.07, 6.45) is 0. The van der Waals surface area contributed by atoms with Crippen molar-refractivity contribution in [1.82, 2.24) is 0 Å². The van der Waals surface area contributed by atoms with Gasteiger partial charge in [-0.15, -0.1) is 0 Å². The predicted octanol–water partition coefficient (Wildman–Crippen LogP) is 3.81. The Balaban J connectivity index is 1.97. The minimum atomic E-state index is -0.215. The van der Waals surface area contributed by atoms with E-state index in [1.807, 2.05) is 19.1 Å². The molecule has 122 valence electrons. The van der Waals surface area contributed by atoms with Crippen molar-refractivity contribution in [1.29, 1.82) is 0 Å². The molecule has 0 aliphatic carbocycles. The third kappa shape index (κ3) is 2.97. The van der Waals surface area contributed by atoms with Gasteiger partial charge in [0.05, 0.1) is 11.4 Å². The summed E-state index contributed by atoms with van der Waals surface area (Å²) in [7, 11) is 1.71. The first kappa shape index (κ1) is 16.4. The Morgan fingerprint density at radius 3 is 2.50 bits per heavy atom. The second-order valence-electron chi connectivity index (χ2n) is 5.66. The van der Waals surface area contributed by atoms with E-state index >= 15 is 0 Å². The van der Waals surface area contributed by atoms with Crippen molar-refractivity contribution in [3.05, 3.63) is 52.0 Å². The van der Waals surface area contributed by atoms with Crippen molar-refractivity contribution >= 4 is 50.5 Å². The van der Waals surface area contributed by atoms with Crippen molar-refractivity contribution in [3.8, 4) is 0 Å². The number of hydrogen-bond donors (Lipinski definition) is 1. The van der Waals surface area contributed by atoms with Crippen molar-refractivity contribution in [2.24, 2.45) is 4.99 Å². The Morgan fingerprint density at radius 2 is 1.88 bits per heavy atom. The number of nitrogens with zero attached hydrogens (tertiary/aromatic N) is 2. The number of aryl methyl sites for hydroxylation is 1. The SMILES string of the molecule is CC(=O)N(C)c1ccc(N=C2C(=O)Nc3cc(Br)c(C)cc32)cc1. The molecule has 24 heavy (non-hydrogen) atoms. The third-order valence-corrected chi connectivity index (χ3v) is 4.82. The van der Waals surface area contributed by atoms with Gasteiger partial charge in [-0.05, 0) is 48.9 Å². The topological polar surface area (TPSA) is 61.8 Å². The molecule has 0 bridgehead atoms. The number of amides is 2. The number of halogens is 1. The molecule has 2 aromatic carbocycles. The molecule has 0 atom stereocenters. The first-order valence-electron chi connectivity index (χ1n) is 7.41. The molecule has 2 amide bonds. The quantitative estimate of drug-likeness (QED) is 0.853. The summed E-state index contributed by atoms with van der Waals surface area (Å²) in [5, 5.41) is 2.83. The standard InChI is InChI=1S/C18H16BrN3O2/c1-10-8-14-16(9-15(10)19)21-18(24)17(14)20-12-4-6-13(7-5-12)22(3)11(2)23/h4-9H,1-3H3,(H,20,21,24). The first-order valence-corrected chi connectivity index (χ1v) is 8.21. The average Bonchev–Trinajstić information content (AvgIpc) is 2.83. The van der Waals surface area contributed by atoms with Gasteiger partial charge < -0.3 is 10.2 Å². The predicted molar refractivity (Wildman–Crippen MR) is 99.2 cm³/mol. The van der Waals surface area contributed by atoms with Crippen LogP contribution >= 0.6 is 15.9 Å². The normalized spacial score (nSPS) is 14.5. The van der Waals surface area contributed by atoms with Crippen LogP contribution in [-0.4, -0.2) is 24.6 Å². The molecule has 0 spiro atoms. The van der Waals surface area contributed by atoms with Crippen molar-refractivity contribution in [2.75, 3.05) is 17.3 Å². The van der Waals surface area contributed by atoms with Crippen LogP contribution in [0.2, 0.25) is 0 Å². The molecule has 1 N–H and O–H groups in total. The molecule has 1 heterocycles. The molecule has 0 fully saturated rings. The summed E-state index contributed by atoms with van der Waals surface area (Å²) in [6, 6.07) is 11.0. The molecule has 6 heteroatoms. The maximum atomic E-state index is 12.2. The zero-order valence-corrected chi connectivity index (χ0v) is 15.1. The zero-order valence-electron chi connectivity index (χ0n) is 13.6. The fraction of sp³-hybridized carbons (Fsp3) is 0.167. The lowest BCUT2D eigenvalue weighted by molar-refractivity contribution is -0.116. The number of benzene rings is 2. The first-order chi connectivity index (χ1) is 11.4. The average molecular weight is 386 g/mol. The minimum Gasteiger partial charge on any atom is -0.320 e. The number of anilines is 2. The lowest BCUT2D eigenvalue weighted by Crippen LogP contribution is -2.22. The number of nitrogens with one attached hydrogen (secondary N) is 1. The molecule has 5 nitrogen and oxygen atoms in total. The fourth-order valence-corrected chi connectivity index (χ4v) is 2.80. The zero-order chi connectivity index (χ0) is 17.4. The van der Waals surface area contributed by atoms with E-state index in [0.29, 0.717) is 11.4 Å². The molecule has 0 aromatic heterocycles. The Bertz CT molecular complexity index is 873. The van der Waals surface area contributed by atoms with Gasteiger partial charge in [0, 0.05) is 29.7 Å². The van der Waals surface area contributed by atoms with Gasteiger partial charge in [0.1, 0.15) is 5.71 Å². The second kappa shape index (κ2) is 6.20. The molecular formula is C18H16BrN3O2. The van der Waals surface area contributed by atoms with Gasteiger partial charge in [0.25, 0.3) is 5.91 Å². The van der Waals surface area contributed by atoms with Gasteiger partial charge in [-0.1, -0.05) is 15.9 Å². The van der Waals surface area contributed by atoms with E-state index < -0.39 is 0 Å². The van der Waals surface area contributed by atoms with Crippen LogP contribution < -0.4 is 10.2 Å². The van der Waals surface area contributed by atoms with E-state index in [4.69, 9.17) is 0 Å². The molecular weight excluding hydrogens is 370 g/mol. The van der Waals surface area contributed by atoms with Crippen molar-refractivity contribution < 1.29 is 9.59 Å². The molecule has 2 aromatic rings. The van der Waals surface area contributed by atoms with Gasteiger partial charge in [-0.3, -0.25) is 9.59 Å². The van der Waals surface area contributed by atoms with E-state index in [1.54, 1.807) is 36.2 Å². The molecule has 0 saturated heterocycles. The smallest absolute Gasteiger partial charge is 0.275 e. The number of hydrogen-bond acceptors (Lipinski definition) is 3. The maximum absolute atomic E-state index is 12.2. The van der Waals surface area contributed by atoms with Crippen LogP contribution in [0, 0.1) is 6.92 Å². The number of rotatable bonds is 2. The Kier molecular flexibility index (Phi) is 4.24. The molecule has 1 aliphatic rings. The lowest BCUT2D eigenvalue weighted by Gasteiger charge is -2.14. The molecule has 0 saturated carbocycles. The minimum absolute atomic E-state index is 0.0424. The van der Waals surface area contributed by atoms with Crippen LogP contribution in [0.25, 0.3) is 0 Å². The summed E-state index contributed by atoms with van der Waals surface area (Å²) in [5.41, 5.74) is 4.43. The lowest BCUT2D eigenvalue weighted by atomic mass is 10.1. The summed E-state index contributed by atoms with van der Waals surface area (Å²) < 4.78 is 0.944. The Morgan fingerprint density at radius 1 is 1.21 bits per heavy atom. The number of carbonyl (C=O) groups is 2. The van der Waals surface area contributed by atoms with Crippen LogP contribution in [0.3, 0.4) is 0 Å². The fourth-order valence-electron chi connectivity index (χ4n) is 2.46. The highest BCUT2D eigenvalue weighted by molar-refractivity contribution is 9.10. The summed E-state index contributed by atoms with van der Waals surface area (Å²) >= 11 is 3.47. The van der Waals surface area contributed by atoms with E-state index in [9.17, 15) is 9.59 Å². The highest BCUT2D eigenvalue weighted by Gasteiger charge is 2.26. The highest BCUT2D eigenvalue weighted by Crippen LogP contribution is 2.31. The van der Waals surface area contributed by atoms with Crippen LogP contribution in [-0.2, 0) is 9.59 Å². The van der Waals surface area contributed by atoms with Crippen LogP contribution in [0.5, 0.6) is 0 Å². The Labute approximate surface area is 148 Å². The van der Waals surface area contributed by atoms with E-state index in [1.165, 1.54) is 6.92 Å².